The van der Waals surface area contributed by atoms with Gasteiger partial charge in [-0.3, -0.25) is 4.79 Å². The Morgan fingerprint density at radius 1 is 1.07 bits per heavy atom. The van der Waals surface area contributed by atoms with E-state index >= 15 is 0 Å². The molecule has 2 nitrogen and oxygen atoms in total. The molecule has 1 aliphatic rings. The van der Waals surface area contributed by atoms with E-state index in [1.165, 1.54) is 30.6 Å². The molecule has 27 heavy (non-hydrogen) atoms. The van der Waals surface area contributed by atoms with Crippen LogP contribution in [0.25, 0.3) is 0 Å². The number of aryl methyl sites for hydroxylation is 2. The van der Waals surface area contributed by atoms with Crippen molar-refractivity contribution in [3.63, 3.8) is 0 Å². The van der Waals surface area contributed by atoms with E-state index in [9.17, 15) is 4.79 Å². The Balaban J connectivity index is 1.57. The van der Waals surface area contributed by atoms with Gasteiger partial charge in [-0.05, 0) is 56.0 Å². The van der Waals surface area contributed by atoms with Crippen LogP contribution in [0.5, 0.6) is 0 Å². The SMILES string of the molecule is Cc1cccc(C)c1NC(=O)CS[C@@H]1CCCC[C@H]1Sc1cccc(Cl)c1. The Kier molecular flexibility index (Phi) is 7.57. The Bertz CT molecular complexity index is 775. The van der Waals surface area contributed by atoms with E-state index in [0.29, 0.717) is 16.3 Å². The van der Waals surface area contributed by atoms with Gasteiger partial charge in [-0.2, -0.15) is 0 Å². The number of benzene rings is 2. The molecule has 1 aliphatic carbocycles. The van der Waals surface area contributed by atoms with E-state index in [4.69, 9.17) is 11.6 Å². The highest BCUT2D eigenvalue weighted by atomic mass is 35.5. The zero-order chi connectivity index (χ0) is 19.2. The Morgan fingerprint density at radius 3 is 2.44 bits per heavy atom. The topological polar surface area (TPSA) is 29.1 Å². The summed E-state index contributed by atoms with van der Waals surface area (Å²) in [5.74, 6) is 0.597. The lowest BCUT2D eigenvalue weighted by Crippen LogP contribution is -2.27. The molecule has 0 bridgehead atoms. The van der Waals surface area contributed by atoms with Gasteiger partial charge in [-0.15, -0.1) is 23.5 Å². The smallest absolute Gasteiger partial charge is 0.234 e. The van der Waals surface area contributed by atoms with Gasteiger partial charge in [-0.1, -0.05) is 48.7 Å². The maximum Gasteiger partial charge on any atom is 0.234 e. The van der Waals surface area contributed by atoms with Gasteiger partial charge in [0.1, 0.15) is 0 Å². The van der Waals surface area contributed by atoms with Crippen LogP contribution in [0.3, 0.4) is 0 Å². The summed E-state index contributed by atoms with van der Waals surface area (Å²) >= 11 is 9.85. The minimum Gasteiger partial charge on any atom is -0.325 e. The van der Waals surface area contributed by atoms with Gasteiger partial charge in [0.25, 0.3) is 0 Å². The average Bonchev–Trinajstić information content (AvgIpc) is 2.64. The predicted octanol–water partition coefficient (Wildman–Crippen LogP) is 6.73. The highest BCUT2D eigenvalue weighted by molar-refractivity contribution is 8.04. The molecule has 1 fully saturated rings. The molecule has 0 unspecified atom stereocenters. The van der Waals surface area contributed by atoms with Gasteiger partial charge in [0, 0.05) is 26.1 Å². The minimum atomic E-state index is 0.0921. The first-order valence-corrected chi connectivity index (χ1v) is 11.7. The van der Waals surface area contributed by atoms with Gasteiger partial charge >= 0.3 is 0 Å². The molecule has 1 amide bonds. The van der Waals surface area contributed by atoms with Crippen LogP contribution >= 0.6 is 35.1 Å². The number of rotatable bonds is 6. The van der Waals surface area contributed by atoms with E-state index < -0.39 is 0 Å². The lowest BCUT2D eigenvalue weighted by Gasteiger charge is -2.30. The number of carbonyl (C=O) groups is 1. The molecule has 5 heteroatoms. The van der Waals surface area contributed by atoms with Gasteiger partial charge in [0.15, 0.2) is 0 Å². The zero-order valence-corrected chi connectivity index (χ0v) is 18.2. The van der Waals surface area contributed by atoms with Crippen LogP contribution in [0.4, 0.5) is 5.69 Å². The Morgan fingerprint density at radius 2 is 1.74 bits per heavy atom. The van der Waals surface area contributed by atoms with Crippen LogP contribution < -0.4 is 5.32 Å². The molecular formula is C22H26ClNOS2. The minimum absolute atomic E-state index is 0.0921. The highest BCUT2D eigenvalue weighted by Crippen LogP contribution is 2.40. The molecule has 2 aromatic carbocycles. The molecule has 0 radical (unpaired) electrons. The second-order valence-electron chi connectivity index (χ2n) is 7.06. The first-order valence-electron chi connectivity index (χ1n) is 9.43. The summed E-state index contributed by atoms with van der Waals surface area (Å²) in [6.07, 6.45) is 4.90. The monoisotopic (exact) mass is 419 g/mol. The molecule has 0 saturated heterocycles. The summed E-state index contributed by atoms with van der Waals surface area (Å²) in [7, 11) is 0. The van der Waals surface area contributed by atoms with Crippen molar-refractivity contribution in [3.8, 4) is 0 Å². The lowest BCUT2D eigenvalue weighted by molar-refractivity contribution is -0.113. The molecule has 0 aliphatic heterocycles. The van der Waals surface area contributed by atoms with E-state index in [1.807, 2.05) is 62.0 Å². The third-order valence-corrected chi connectivity index (χ3v) is 8.12. The van der Waals surface area contributed by atoms with E-state index in [-0.39, 0.29) is 5.91 Å². The number of carbonyl (C=O) groups excluding carboxylic acids is 1. The number of thioether (sulfide) groups is 2. The molecule has 2 atom stereocenters. The molecule has 2 aromatic rings. The Hall–Kier alpha value is -1.10. The van der Waals surface area contributed by atoms with E-state index in [0.717, 1.165) is 21.8 Å². The standard InChI is InChI=1S/C22H26ClNOS2/c1-15-7-5-8-16(2)22(15)24-21(25)14-26-19-11-3-4-12-20(19)27-18-10-6-9-17(23)13-18/h5-10,13,19-20H,3-4,11-12,14H2,1-2H3,(H,24,25)/t19-,20-/m1/s1. The summed E-state index contributed by atoms with van der Waals surface area (Å²) in [5, 5.41) is 4.93. The molecule has 144 valence electrons. The number of hydrogen-bond donors (Lipinski definition) is 1. The van der Waals surface area contributed by atoms with Crippen molar-refractivity contribution >= 4 is 46.7 Å². The molecule has 1 N–H and O–H groups in total. The zero-order valence-electron chi connectivity index (χ0n) is 15.8. The molecule has 0 spiro atoms. The van der Waals surface area contributed by atoms with Crippen molar-refractivity contribution in [2.75, 3.05) is 11.1 Å². The van der Waals surface area contributed by atoms with Crippen LogP contribution in [0.2, 0.25) is 5.02 Å². The fraction of sp³-hybridized carbons (Fsp3) is 0.409. The lowest BCUT2D eigenvalue weighted by atomic mass is 10.00. The van der Waals surface area contributed by atoms with Gasteiger partial charge in [-0.25, -0.2) is 0 Å². The number of para-hydroxylation sites is 1. The van der Waals surface area contributed by atoms with E-state index in [1.54, 1.807) is 11.8 Å². The molecule has 1 saturated carbocycles. The van der Waals surface area contributed by atoms with Gasteiger partial charge in [0.05, 0.1) is 5.75 Å². The van der Waals surface area contributed by atoms with Crippen LogP contribution in [-0.4, -0.2) is 22.2 Å². The maximum absolute atomic E-state index is 12.5. The number of anilines is 1. The normalized spacial score (nSPS) is 19.7. The summed E-state index contributed by atoms with van der Waals surface area (Å²) in [6, 6.07) is 14.2. The fourth-order valence-corrected chi connectivity index (χ4v) is 6.53. The second kappa shape index (κ2) is 9.90. The molecular weight excluding hydrogens is 394 g/mol. The van der Waals surface area contributed by atoms with Crippen molar-refractivity contribution in [1.82, 2.24) is 0 Å². The van der Waals surface area contributed by atoms with Crippen molar-refractivity contribution in [2.24, 2.45) is 0 Å². The maximum atomic E-state index is 12.5. The first-order chi connectivity index (χ1) is 13.0. The number of hydrogen-bond acceptors (Lipinski definition) is 3. The first kappa shape index (κ1) is 20.6. The van der Waals surface area contributed by atoms with Crippen molar-refractivity contribution < 1.29 is 4.79 Å². The summed E-state index contributed by atoms with van der Waals surface area (Å²) in [4.78, 5) is 13.7. The van der Waals surface area contributed by atoms with Crippen LogP contribution in [0.1, 0.15) is 36.8 Å². The van der Waals surface area contributed by atoms with Crippen molar-refractivity contribution in [2.45, 2.75) is 54.9 Å². The number of halogens is 1. The average molecular weight is 420 g/mol. The largest absolute Gasteiger partial charge is 0.325 e. The fourth-order valence-electron chi connectivity index (χ4n) is 3.47. The second-order valence-corrected chi connectivity index (χ2v) is 10.0. The molecule has 3 rings (SSSR count). The van der Waals surface area contributed by atoms with Crippen molar-refractivity contribution in [1.29, 1.82) is 0 Å². The third kappa shape index (κ3) is 5.94. The van der Waals surface area contributed by atoms with Crippen LogP contribution in [0.15, 0.2) is 47.4 Å². The quantitative estimate of drug-likeness (QED) is 0.562. The van der Waals surface area contributed by atoms with Crippen LogP contribution in [-0.2, 0) is 4.79 Å². The summed E-state index contributed by atoms with van der Waals surface area (Å²) in [6.45, 7) is 4.07. The summed E-state index contributed by atoms with van der Waals surface area (Å²) < 4.78 is 0. The van der Waals surface area contributed by atoms with Crippen LogP contribution in [0, 0.1) is 13.8 Å². The molecule has 0 heterocycles. The number of nitrogens with one attached hydrogen (secondary N) is 1. The highest BCUT2D eigenvalue weighted by Gasteiger charge is 2.27. The Labute approximate surface area is 175 Å². The van der Waals surface area contributed by atoms with Gasteiger partial charge in [0.2, 0.25) is 5.91 Å². The molecule has 0 aromatic heterocycles. The van der Waals surface area contributed by atoms with Gasteiger partial charge < -0.3 is 5.32 Å². The number of amides is 1. The van der Waals surface area contributed by atoms with Crippen molar-refractivity contribution in [3.05, 3.63) is 58.6 Å². The third-order valence-electron chi connectivity index (χ3n) is 4.90. The predicted molar refractivity (Wildman–Crippen MR) is 120 cm³/mol. The summed E-state index contributed by atoms with van der Waals surface area (Å²) in [5.41, 5.74) is 3.18. The van der Waals surface area contributed by atoms with E-state index in [2.05, 4.69) is 11.4 Å².